The zero-order valence-corrected chi connectivity index (χ0v) is 16.6. The number of carbonyl (C=O) groups is 1. The molecule has 27 heavy (non-hydrogen) atoms. The van der Waals surface area contributed by atoms with Crippen LogP contribution in [0.3, 0.4) is 0 Å². The van der Waals surface area contributed by atoms with Crippen molar-refractivity contribution in [3.05, 3.63) is 59.2 Å². The van der Waals surface area contributed by atoms with Crippen LogP contribution in [0.15, 0.2) is 42.5 Å². The van der Waals surface area contributed by atoms with Crippen LogP contribution in [-0.4, -0.2) is 25.6 Å². The second kappa shape index (κ2) is 10.4. The summed E-state index contributed by atoms with van der Waals surface area (Å²) >= 11 is 0. The molecule has 144 valence electrons. The van der Waals surface area contributed by atoms with Crippen LogP contribution in [0.25, 0.3) is 6.08 Å². The molecule has 0 heterocycles. The first kappa shape index (κ1) is 20.6. The Morgan fingerprint density at radius 3 is 2.26 bits per heavy atom. The van der Waals surface area contributed by atoms with E-state index in [1.807, 2.05) is 51.1 Å². The summed E-state index contributed by atoms with van der Waals surface area (Å²) in [5.74, 6) is 2.22. The summed E-state index contributed by atoms with van der Waals surface area (Å²) in [6.07, 6.45) is 4.34. The van der Waals surface area contributed by atoms with Gasteiger partial charge in [-0.3, -0.25) is 4.79 Å². The van der Waals surface area contributed by atoms with Gasteiger partial charge < -0.3 is 14.2 Å². The highest BCUT2D eigenvalue weighted by atomic mass is 16.5. The summed E-state index contributed by atoms with van der Waals surface area (Å²) in [5.41, 5.74) is 2.51. The molecule has 0 atom stereocenters. The van der Waals surface area contributed by atoms with Gasteiger partial charge in [0.05, 0.1) is 19.8 Å². The molecule has 0 unspecified atom stereocenters. The van der Waals surface area contributed by atoms with Crippen molar-refractivity contribution in [3.63, 3.8) is 0 Å². The van der Waals surface area contributed by atoms with Crippen LogP contribution in [0.1, 0.15) is 48.7 Å². The van der Waals surface area contributed by atoms with E-state index in [1.54, 1.807) is 18.2 Å². The molecule has 4 nitrogen and oxygen atoms in total. The van der Waals surface area contributed by atoms with Gasteiger partial charge in [0.15, 0.2) is 5.78 Å². The first-order valence-corrected chi connectivity index (χ1v) is 9.44. The van der Waals surface area contributed by atoms with E-state index in [2.05, 4.69) is 6.92 Å². The third-order valence-corrected chi connectivity index (χ3v) is 4.01. The Labute approximate surface area is 161 Å². The highest BCUT2D eigenvalue weighted by Crippen LogP contribution is 2.29. The van der Waals surface area contributed by atoms with Crippen LogP contribution in [0.2, 0.25) is 0 Å². The molecule has 0 aromatic heterocycles. The molecule has 0 aliphatic rings. The maximum absolute atomic E-state index is 12.5. The summed E-state index contributed by atoms with van der Waals surface area (Å²) in [5, 5.41) is 0. The van der Waals surface area contributed by atoms with Crippen molar-refractivity contribution in [1.29, 1.82) is 0 Å². The summed E-state index contributed by atoms with van der Waals surface area (Å²) in [6, 6.07) is 11.0. The van der Waals surface area contributed by atoms with Crippen molar-refractivity contribution in [1.82, 2.24) is 0 Å². The minimum absolute atomic E-state index is 0.0591. The minimum atomic E-state index is -0.0591. The van der Waals surface area contributed by atoms with Gasteiger partial charge in [-0.15, -0.1) is 0 Å². The predicted molar refractivity (Wildman–Crippen MR) is 109 cm³/mol. The Morgan fingerprint density at radius 2 is 1.63 bits per heavy atom. The van der Waals surface area contributed by atoms with Crippen LogP contribution in [0.5, 0.6) is 17.2 Å². The van der Waals surface area contributed by atoms with Gasteiger partial charge in [0.25, 0.3) is 0 Å². The van der Waals surface area contributed by atoms with E-state index in [0.717, 1.165) is 34.8 Å². The molecular formula is C23H28O4. The van der Waals surface area contributed by atoms with Crippen LogP contribution in [-0.2, 0) is 0 Å². The first-order chi connectivity index (χ1) is 13.1. The van der Waals surface area contributed by atoms with Crippen molar-refractivity contribution in [3.8, 4) is 17.2 Å². The maximum Gasteiger partial charge on any atom is 0.185 e. The lowest BCUT2D eigenvalue weighted by Gasteiger charge is -2.13. The molecule has 0 aliphatic carbocycles. The Hall–Kier alpha value is -2.75. The number of benzene rings is 2. The zero-order valence-electron chi connectivity index (χ0n) is 16.6. The van der Waals surface area contributed by atoms with Crippen LogP contribution >= 0.6 is 0 Å². The largest absolute Gasteiger partial charge is 0.494 e. The summed E-state index contributed by atoms with van der Waals surface area (Å²) in [7, 11) is 0. The lowest BCUT2D eigenvalue weighted by molar-refractivity contribution is 0.104. The number of hydrogen-bond donors (Lipinski definition) is 0. The highest BCUT2D eigenvalue weighted by molar-refractivity contribution is 6.07. The molecular weight excluding hydrogens is 340 g/mol. The fourth-order valence-corrected chi connectivity index (χ4v) is 2.61. The van der Waals surface area contributed by atoms with Crippen LogP contribution in [0, 0.1) is 6.92 Å². The lowest BCUT2D eigenvalue weighted by atomic mass is 10.0. The molecule has 0 radical (unpaired) electrons. The normalized spacial score (nSPS) is 10.8. The van der Waals surface area contributed by atoms with Crippen LogP contribution < -0.4 is 14.2 Å². The summed E-state index contributed by atoms with van der Waals surface area (Å²) in [6.45, 7) is 9.73. The molecule has 0 N–H and O–H groups in total. The Kier molecular flexibility index (Phi) is 7.93. The maximum atomic E-state index is 12.5. The van der Waals surface area contributed by atoms with E-state index in [-0.39, 0.29) is 5.78 Å². The van der Waals surface area contributed by atoms with E-state index in [9.17, 15) is 4.79 Å². The van der Waals surface area contributed by atoms with Crippen molar-refractivity contribution in [2.45, 2.75) is 34.1 Å². The van der Waals surface area contributed by atoms with Gasteiger partial charge in [0.2, 0.25) is 0 Å². The molecule has 0 bridgehead atoms. The van der Waals surface area contributed by atoms with Gasteiger partial charge in [0, 0.05) is 11.6 Å². The highest BCUT2D eigenvalue weighted by Gasteiger charge is 2.09. The Morgan fingerprint density at radius 1 is 0.926 bits per heavy atom. The van der Waals surface area contributed by atoms with Gasteiger partial charge in [-0.1, -0.05) is 13.0 Å². The Bertz CT molecular complexity index is 776. The molecule has 0 amide bonds. The molecule has 2 aromatic carbocycles. The fourth-order valence-electron chi connectivity index (χ4n) is 2.61. The number of ether oxygens (including phenoxy) is 3. The van der Waals surface area contributed by atoms with Crippen molar-refractivity contribution in [2.24, 2.45) is 0 Å². The molecule has 0 fully saturated rings. The number of ketones is 1. The van der Waals surface area contributed by atoms with E-state index in [1.165, 1.54) is 0 Å². The fraction of sp³-hybridized carbons (Fsp3) is 0.348. The SMILES string of the molecule is CCCOc1ccc(C(=O)/C=C/c2cc(OCC)cc(OCC)c2C)cc1. The van der Waals surface area contributed by atoms with E-state index in [0.29, 0.717) is 25.4 Å². The number of allylic oxidation sites excluding steroid dienone is 1. The summed E-state index contributed by atoms with van der Waals surface area (Å²) < 4.78 is 16.9. The minimum Gasteiger partial charge on any atom is -0.494 e. The molecule has 2 aromatic rings. The van der Waals surface area contributed by atoms with Gasteiger partial charge in [-0.05, 0) is 74.7 Å². The average molecular weight is 368 g/mol. The Balaban J connectivity index is 2.19. The van der Waals surface area contributed by atoms with Crippen molar-refractivity contribution in [2.75, 3.05) is 19.8 Å². The molecule has 2 rings (SSSR count). The first-order valence-electron chi connectivity index (χ1n) is 9.44. The zero-order chi connectivity index (χ0) is 19.6. The molecule has 0 saturated heterocycles. The third kappa shape index (κ3) is 5.88. The number of hydrogen-bond acceptors (Lipinski definition) is 4. The topological polar surface area (TPSA) is 44.8 Å². The summed E-state index contributed by atoms with van der Waals surface area (Å²) in [4.78, 5) is 12.5. The second-order valence-corrected chi connectivity index (χ2v) is 6.07. The van der Waals surface area contributed by atoms with Gasteiger partial charge in [-0.25, -0.2) is 0 Å². The second-order valence-electron chi connectivity index (χ2n) is 6.07. The standard InChI is InChI=1S/C23H28O4/c1-5-14-27-20-11-8-18(9-12-20)22(24)13-10-19-15-21(25-6-2)16-23(17(19)4)26-7-3/h8-13,15-16H,5-7,14H2,1-4H3/b13-10+. The van der Waals surface area contributed by atoms with Crippen molar-refractivity contribution >= 4 is 11.9 Å². The predicted octanol–water partition coefficient (Wildman–Crippen LogP) is 5.48. The molecule has 4 heteroatoms. The quantitative estimate of drug-likeness (QED) is 0.412. The smallest absolute Gasteiger partial charge is 0.185 e. The van der Waals surface area contributed by atoms with E-state index >= 15 is 0 Å². The van der Waals surface area contributed by atoms with Gasteiger partial charge >= 0.3 is 0 Å². The monoisotopic (exact) mass is 368 g/mol. The van der Waals surface area contributed by atoms with Crippen molar-refractivity contribution < 1.29 is 19.0 Å². The third-order valence-electron chi connectivity index (χ3n) is 4.01. The lowest BCUT2D eigenvalue weighted by Crippen LogP contribution is -1.99. The average Bonchev–Trinajstić information content (AvgIpc) is 2.68. The van der Waals surface area contributed by atoms with E-state index < -0.39 is 0 Å². The van der Waals surface area contributed by atoms with Gasteiger partial charge in [0.1, 0.15) is 17.2 Å². The molecule has 0 aliphatic heterocycles. The van der Waals surface area contributed by atoms with E-state index in [4.69, 9.17) is 14.2 Å². The number of rotatable bonds is 10. The molecule has 0 spiro atoms. The molecule has 0 saturated carbocycles. The van der Waals surface area contributed by atoms with Gasteiger partial charge in [-0.2, -0.15) is 0 Å². The number of carbonyl (C=O) groups excluding carboxylic acids is 1. The van der Waals surface area contributed by atoms with Crippen LogP contribution in [0.4, 0.5) is 0 Å².